The zero-order chi connectivity index (χ0) is 12.5. The largest absolute Gasteiger partial charge is 0.379 e. The van der Waals surface area contributed by atoms with E-state index in [1.54, 1.807) is 0 Å². The molecule has 1 saturated heterocycles. The Morgan fingerprint density at radius 1 is 1.35 bits per heavy atom. The van der Waals surface area contributed by atoms with Crippen molar-refractivity contribution < 1.29 is 4.74 Å². The van der Waals surface area contributed by atoms with Crippen LogP contribution in [0.4, 0.5) is 0 Å². The monoisotopic (exact) mass is 240 g/mol. The van der Waals surface area contributed by atoms with E-state index in [1.807, 2.05) is 6.08 Å². The highest BCUT2D eigenvalue weighted by atomic mass is 16.5. The maximum absolute atomic E-state index is 5.34. The number of ether oxygens (including phenoxy) is 1. The molecule has 0 aromatic carbocycles. The van der Waals surface area contributed by atoms with E-state index in [0.717, 1.165) is 39.3 Å². The summed E-state index contributed by atoms with van der Waals surface area (Å²) in [5.74, 6) is 0.677. The molecule has 0 bridgehead atoms. The molecule has 100 valence electrons. The normalized spacial score (nSPS) is 19.5. The first-order chi connectivity index (χ1) is 8.24. The van der Waals surface area contributed by atoms with Crippen LogP contribution in [0.5, 0.6) is 0 Å². The van der Waals surface area contributed by atoms with Gasteiger partial charge in [-0.3, -0.25) is 4.90 Å². The SMILES string of the molecule is C=CCC(NCCCN1CCOCC1)C(C)C. The summed E-state index contributed by atoms with van der Waals surface area (Å²) >= 11 is 0. The number of rotatable bonds is 8. The zero-order valence-corrected chi connectivity index (χ0v) is 11.5. The predicted octanol–water partition coefficient (Wildman–Crippen LogP) is 1.90. The van der Waals surface area contributed by atoms with Gasteiger partial charge in [0.05, 0.1) is 13.2 Å². The molecule has 1 rings (SSSR count). The van der Waals surface area contributed by atoms with Gasteiger partial charge < -0.3 is 10.1 Å². The van der Waals surface area contributed by atoms with Crippen LogP contribution in [-0.2, 0) is 4.74 Å². The first kappa shape index (κ1) is 14.7. The van der Waals surface area contributed by atoms with Crippen molar-refractivity contribution in [3.63, 3.8) is 0 Å². The van der Waals surface area contributed by atoms with Crippen LogP contribution >= 0.6 is 0 Å². The molecule has 1 unspecified atom stereocenters. The van der Waals surface area contributed by atoms with Gasteiger partial charge in [-0.05, 0) is 31.8 Å². The van der Waals surface area contributed by atoms with Crippen LogP contribution in [0.2, 0.25) is 0 Å². The minimum Gasteiger partial charge on any atom is -0.379 e. The van der Waals surface area contributed by atoms with Gasteiger partial charge in [-0.15, -0.1) is 6.58 Å². The van der Waals surface area contributed by atoms with E-state index in [0.29, 0.717) is 12.0 Å². The van der Waals surface area contributed by atoms with Crippen molar-refractivity contribution in [2.45, 2.75) is 32.7 Å². The maximum Gasteiger partial charge on any atom is 0.0594 e. The van der Waals surface area contributed by atoms with Crippen molar-refractivity contribution in [1.29, 1.82) is 0 Å². The molecule has 0 saturated carbocycles. The Labute approximate surface area is 106 Å². The van der Waals surface area contributed by atoms with Crippen LogP contribution in [0, 0.1) is 5.92 Å². The Balaban J connectivity index is 2.06. The van der Waals surface area contributed by atoms with Crippen LogP contribution in [0.25, 0.3) is 0 Å². The van der Waals surface area contributed by atoms with Gasteiger partial charge in [0.2, 0.25) is 0 Å². The van der Waals surface area contributed by atoms with E-state index >= 15 is 0 Å². The van der Waals surface area contributed by atoms with E-state index in [-0.39, 0.29) is 0 Å². The topological polar surface area (TPSA) is 24.5 Å². The standard InChI is InChI=1S/C14H28N2O/c1-4-6-14(13(2)3)15-7-5-8-16-9-11-17-12-10-16/h4,13-15H,1,5-12H2,2-3H3. The summed E-state index contributed by atoms with van der Waals surface area (Å²) in [6.45, 7) is 14.6. The van der Waals surface area contributed by atoms with Crippen molar-refractivity contribution in [2.75, 3.05) is 39.4 Å². The minimum absolute atomic E-state index is 0.581. The molecule has 1 N–H and O–H groups in total. The molecule has 0 aromatic rings. The molecule has 1 aliphatic rings. The van der Waals surface area contributed by atoms with Gasteiger partial charge in [0.25, 0.3) is 0 Å². The third-order valence-electron chi connectivity index (χ3n) is 3.39. The molecule has 0 amide bonds. The maximum atomic E-state index is 5.34. The highest BCUT2D eigenvalue weighted by molar-refractivity contribution is 4.80. The number of morpholine rings is 1. The predicted molar refractivity (Wildman–Crippen MR) is 73.3 cm³/mol. The second-order valence-corrected chi connectivity index (χ2v) is 5.14. The van der Waals surface area contributed by atoms with Crippen LogP contribution in [0.1, 0.15) is 26.7 Å². The Bertz CT molecular complexity index is 200. The summed E-state index contributed by atoms with van der Waals surface area (Å²) in [6.07, 6.45) is 4.30. The Morgan fingerprint density at radius 3 is 2.65 bits per heavy atom. The lowest BCUT2D eigenvalue weighted by atomic mass is 10.0. The van der Waals surface area contributed by atoms with Crippen molar-refractivity contribution >= 4 is 0 Å². The van der Waals surface area contributed by atoms with Gasteiger partial charge >= 0.3 is 0 Å². The molecular weight excluding hydrogens is 212 g/mol. The lowest BCUT2D eigenvalue weighted by Gasteiger charge is -2.27. The van der Waals surface area contributed by atoms with Crippen molar-refractivity contribution in [1.82, 2.24) is 10.2 Å². The fourth-order valence-corrected chi connectivity index (χ4v) is 2.19. The van der Waals surface area contributed by atoms with E-state index < -0.39 is 0 Å². The summed E-state index contributed by atoms with van der Waals surface area (Å²) in [5, 5.41) is 3.63. The Hall–Kier alpha value is -0.380. The molecule has 0 aromatic heterocycles. The third kappa shape index (κ3) is 6.20. The third-order valence-corrected chi connectivity index (χ3v) is 3.39. The lowest BCUT2D eigenvalue weighted by molar-refractivity contribution is 0.0373. The van der Waals surface area contributed by atoms with E-state index in [9.17, 15) is 0 Å². The molecule has 1 atom stereocenters. The first-order valence-corrected chi connectivity index (χ1v) is 6.88. The smallest absolute Gasteiger partial charge is 0.0594 e. The zero-order valence-electron chi connectivity index (χ0n) is 11.5. The van der Waals surface area contributed by atoms with Gasteiger partial charge in [0, 0.05) is 19.1 Å². The second-order valence-electron chi connectivity index (χ2n) is 5.14. The molecule has 0 aliphatic carbocycles. The molecule has 3 heteroatoms. The summed E-state index contributed by atoms with van der Waals surface area (Å²) < 4.78 is 5.34. The highest BCUT2D eigenvalue weighted by Crippen LogP contribution is 2.06. The summed E-state index contributed by atoms with van der Waals surface area (Å²) in [6, 6.07) is 0.581. The number of nitrogens with zero attached hydrogens (tertiary/aromatic N) is 1. The number of nitrogens with one attached hydrogen (secondary N) is 1. The molecule has 3 nitrogen and oxygen atoms in total. The molecule has 1 fully saturated rings. The Morgan fingerprint density at radius 2 is 2.06 bits per heavy atom. The quantitative estimate of drug-likeness (QED) is 0.518. The van der Waals surface area contributed by atoms with Crippen molar-refractivity contribution in [3.05, 3.63) is 12.7 Å². The fourth-order valence-electron chi connectivity index (χ4n) is 2.19. The van der Waals surface area contributed by atoms with Crippen molar-refractivity contribution in [3.8, 4) is 0 Å². The summed E-state index contributed by atoms with van der Waals surface area (Å²) in [5.41, 5.74) is 0. The van der Waals surface area contributed by atoms with Gasteiger partial charge in [0.15, 0.2) is 0 Å². The van der Waals surface area contributed by atoms with Crippen molar-refractivity contribution in [2.24, 2.45) is 5.92 Å². The van der Waals surface area contributed by atoms with Gasteiger partial charge in [0.1, 0.15) is 0 Å². The van der Waals surface area contributed by atoms with Crippen LogP contribution in [-0.4, -0.2) is 50.3 Å². The lowest BCUT2D eigenvalue weighted by Crippen LogP contribution is -2.39. The van der Waals surface area contributed by atoms with Gasteiger partial charge in [-0.2, -0.15) is 0 Å². The van der Waals surface area contributed by atoms with Crippen LogP contribution < -0.4 is 5.32 Å². The number of hydrogen-bond acceptors (Lipinski definition) is 3. The summed E-state index contributed by atoms with van der Waals surface area (Å²) in [7, 11) is 0. The van der Waals surface area contributed by atoms with E-state index in [4.69, 9.17) is 4.74 Å². The minimum atomic E-state index is 0.581. The molecule has 17 heavy (non-hydrogen) atoms. The molecule has 0 spiro atoms. The van der Waals surface area contributed by atoms with Gasteiger partial charge in [-0.25, -0.2) is 0 Å². The van der Waals surface area contributed by atoms with Crippen LogP contribution in [0.15, 0.2) is 12.7 Å². The second kappa shape index (κ2) is 8.67. The van der Waals surface area contributed by atoms with E-state index in [1.165, 1.54) is 13.0 Å². The average Bonchev–Trinajstić information content (AvgIpc) is 2.34. The molecule has 1 aliphatic heterocycles. The molecular formula is C14H28N2O. The number of hydrogen-bond donors (Lipinski definition) is 1. The fraction of sp³-hybridized carbons (Fsp3) is 0.857. The van der Waals surface area contributed by atoms with E-state index in [2.05, 4.69) is 30.6 Å². The highest BCUT2D eigenvalue weighted by Gasteiger charge is 2.12. The Kier molecular flexibility index (Phi) is 7.49. The van der Waals surface area contributed by atoms with Gasteiger partial charge in [-0.1, -0.05) is 19.9 Å². The van der Waals surface area contributed by atoms with Crippen LogP contribution in [0.3, 0.4) is 0 Å². The molecule has 0 radical (unpaired) electrons. The molecule has 1 heterocycles. The average molecular weight is 240 g/mol. The first-order valence-electron chi connectivity index (χ1n) is 6.88. The summed E-state index contributed by atoms with van der Waals surface area (Å²) in [4.78, 5) is 2.49.